The molecule has 0 aliphatic heterocycles. The van der Waals surface area contributed by atoms with E-state index in [9.17, 15) is 0 Å². The Hall–Kier alpha value is -1.06. The smallest absolute Gasteiger partial charge is 0.193 e. The SMILES string of the molecule is COc1ccc(NC(N)=NCCCCc2nc(C)cs2)cc1Cl.I. The summed E-state index contributed by atoms with van der Waals surface area (Å²) in [5, 5.41) is 6.82. The number of nitrogens with one attached hydrogen (secondary N) is 1. The fraction of sp³-hybridized carbons (Fsp3) is 0.375. The quantitative estimate of drug-likeness (QED) is 0.265. The second-order valence-corrected chi connectivity index (χ2v) is 6.43. The lowest BCUT2D eigenvalue weighted by Crippen LogP contribution is -2.22. The fourth-order valence-corrected chi connectivity index (χ4v) is 3.11. The van der Waals surface area contributed by atoms with E-state index in [1.54, 1.807) is 30.6 Å². The van der Waals surface area contributed by atoms with E-state index in [-0.39, 0.29) is 24.0 Å². The van der Waals surface area contributed by atoms with Crippen molar-refractivity contribution >= 4 is 58.6 Å². The molecule has 1 heterocycles. The van der Waals surface area contributed by atoms with Crippen LogP contribution < -0.4 is 15.8 Å². The van der Waals surface area contributed by atoms with Gasteiger partial charge in [0.2, 0.25) is 0 Å². The van der Waals surface area contributed by atoms with Crippen molar-refractivity contribution in [3.8, 4) is 5.75 Å². The minimum atomic E-state index is 0. The van der Waals surface area contributed by atoms with Gasteiger partial charge in [0.15, 0.2) is 5.96 Å². The summed E-state index contributed by atoms with van der Waals surface area (Å²) in [6, 6.07) is 5.39. The van der Waals surface area contributed by atoms with Gasteiger partial charge in [-0.2, -0.15) is 0 Å². The monoisotopic (exact) mass is 480 g/mol. The van der Waals surface area contributed by atoms with E-state index in [0.717, 1.165) is 30.6 Å². The van der Waals surface area contributed by atoms with Crippen molar-refractivity contribution in [1.29, 1.82) is 0 Å². The third kappa shape index (κ3) is 6.82. The highest BCUT2D eigenvalue weighted by Gasteiger charge is 2.02. The van der Waals surface area contributed by atoms with Crippen LogP contribution >= 0.6 is 46.9 Å². The minimum absolute atomic E-state index is 0. The Morgan fingerprint density at radius 1 is 1.42 bits per heavy atom. The number of ether oxygens (including phenoxy) is 1. The molecule has 0 radical (unpaired) electrons. The average Bonchev–Trinajstić information content (AvgIpc) is 2.92. The molecule has 1 aromatic carbocycles. The number of hydrogen-bond donors (Lipinski definition) is 2. The fourth-order valence-electron chi connectivity index (χ4n) is 2.04. The van der Waals surface area contributed by atoms with Crippen LogP contribution in [0.25, 0.3) is 0 Å². The second-order valence-electron chi connectivity index (χ2n) is 5.08. The van der Waals surface area contributed by atoms with Gasteiger partial charge < -0.3 is 15.8 Å². The van der Waals surface area contributed by atoms with E-state index in [4.69, 9.17) is 22.1 Å². The maximum absolute atomic E-state index is 6.07. The van der Waals surface area contributed by atoms with Crippen LogP contribution in [-0.2, 0) is 6.42 Å². The molecule has 2 aromatic rings. The van der Waals surface area contributed by atoms with Gasteiger partial charge in [-0.1, -0.05) is 11.6 Å². The van der Waals surface area contributed by atoms with Gasteiger partial charge in [-0.25, -0.2) is 4.98 Å². The summed E-state index contributed by atoms with van der Waals surface area (Å²) >= 11 is 7.78. The van der Waals surface area contributed by atoms with Crippen LogP contribution in [-0.4, -0.2) is 24.6 Å². The first-order valence-corrected chi connectivity index (χ1v) is 8.65. The van der Waals surface area contributed by atoms with Crippen molar-refractivity contribution in [2.75, 3.05) is 19.0 Å². The Balaban J connectivity index is 0.00000288. The van der Waals surface area contributed by atoms with E-state index in [1.807, 2.05) is 13.0 Å². The number of rotatable bonds is 7. The highest BCUT2D eigenvalue weighted by molar-refractivity contribution is 14.0. The Labute approximate surface area is 168 Å². The third-order valence-corrected chi connectivity index (χ3v) is 4.49. The zero-order valence-electron chi connectivity index (χ0n) is 13.7. The lowest BCUT2D eigenvalue weighted by atomic mass is 10.2. The molecule has 0 bridgehead atoms. The lowest BCUT2D eigenvalue weighted by Gasteiger charge is -2.08. The first-order chi connectivity index (χ1) is 11.1. The van der Waals surface area contributed by atoms with Crippen LogP contribution in [0.4, 0.5) is 5.69 Å². The van der Waals surface area contributed by atoms with E-state index in [1.165, 1.54) is 5.01 Å². The highest BCUT2D eigenvalue weighted by Crippen LogP contribution is 2.27. The molecule has 0 fully saturated rings. The molecule has 1 aromatic heterocycles. The standard InChI is InChI=1S/C16H21ClN4OS.HI/c1-11-10-23-15(20-11)5-3-4-8-19-16(18)21-12-6-7-14(22-2)13(17)9-12;/h6-7,9-10H,3-5,8H2,1-2H3,(H3,18,19,21);1H. The predicted molar refractivity (Wildman–Crippen MR) is 113 cm³/mol. The van der Waals surface area contributed by atoms with Gasteiger partial charge in [0.25, 0.3) is 0 Å². The molecule has 0 spiro atoms. The minimum Gasteiger partial charge on any atom is -0.495 e. The zero-order chi connectivity index (χ0) is 16.7. The molecule has 0 aliphatic rings. The van der Waals surface area contributed by atoms with Crippen LogP contribution in [0, 0.1) is 6.92 Å². The summed E-state index contributed by atoms with van der Waals surface area (Å²) in [6.07, 6.45) is 3.03. The second kappa shape index (κ2) is 10.7. The van der Waals surface area contributed by atoms with E-state index in [2.05, 4.69) is 20.7 Å². The summed E-state index contributed by atoms with van der Waals surface area (Å²) in [6.45, 7) is 2.70. The largest absolute Gasteiger partial charge is 0.495 e. The first kappa shape index (κ1) is 21.0. The molecule has 5 nitrogen and oxygen atoms in total. The Morgan fingerprint density at radius 2 is 2.21 bits per heavy atom. The van der Waals surface area contributed by atoms with Crippen molar-refractivity contribution in [2.45, 2.75) is 26.2 Å². The van der Waals surface area contributed by atoms with Crippen molar-refractivity contribution in [3.05, 3.63) is 39.3 Å². The summed E-state index contributed by atoms with van der Waals surface area (Å²) in [5.41, 5.74) is 7.76. The van der Waals surface area contributed by atoms with Crippen molar-refractivity contribution < 1.29 is 4.74 Å². The van der Waals surface area contributed by atoms with Crippen LogP contribution in [0.3, 0.4) is 0 Å². The number of guanidine groups is 1. The number of anilines is 1. The van der Waals surface area contributed by atoms with Gasteiger partial charge >= 0.3 is 0 Å². The molecule has 0 amide bonds. The summed E-state index contributed by atoms with van der Waals surface area (Å²) in [4.78, 5) is 8.76. The number of thiazole rings is 1. The normalized spacial score (nSPS) is 11.0. The maximum Gasteiger partial charge on any atom is 0.193 e. The van der Waals surface area contributed by atoms with Crippen molar-refractivity contribution in [1.82, 2.24) is 4.98 Å². The molecule has 0 aliphatic carbocycles. The van der Waals surface area contributed by atoms with Gasteiger partial charge in [-0.15, -0.1) is 35.3 Å². The number of nitrogens with zero attached hydrogens (tertiary/aromatic N) is 2. The van der Waals surface area contributed by atoms with Gasteiger partial charge in [0.05, 0.1) is 17.1 Å². The molecule has 0 atom stereocenters. The van der Waals surface area contributed by atoms with E-state index < -0.39 is 0 Å². The van der Waals surface area contributed by atoms with Crippen LogP contribution in [0.5, 0.6) is 5.75 Å². The highest BCUT2D eigenvalue weighted by atomic mass is 127. The molecule has 132 valence electrons. The van der Waals surface area contributed by atoms with Crippen molar-refractivity contribution in [2.24, 2.45) is 10.7 Å². The molecular formula is C16H22ClIN4OS. The Morgan fingerprint density at radius 3 is 2.83 bits per heavy atom. The lowest BCUT2D eigenvalue weighted by molar-refractivity contribution is 0.415. The molecular weight excluding hydrogens is 459 g/mol. The first-order valence-electron chi connectivity index (χ1n) is 7.40. The maximum atomic E-state index is 6.07. The van der Waals surface area contributed by atoms with Gasteiger partial charge in [-0.3, -0.25) is 4.99 Å². The van der Waals surface area contributed by atoms with E-state index in [0.29, 0.717) is 23.3 Å². The van der Waals surface area contributed by atoms with Crippen LogP contribution in [0.15, 0.2) is 28.6 Å². The summed E-state index contributed by atoms with van der Waals surface area (Å²) in [5.74, 6) is 1.02. The number of aromatic nitrogens is 1. The molecule has 0 saturated carbocycles. The number of unbranched alkanes of at least 4 members (excludes halogenated alkanes) is 1. The molecule has 3 N–H and O–H groups in total. The summed E-state index contributed by atoms with van der Waals surface area (Å²) in [7, 11) is 1.58. The van der Waals surface area contributed by atoms with Crippen LogP contribution in [0.2, 0.25) is 5.02 Å². The Kier molecular flexibility index (Phi) is 9.38. The van der Waals surface area contributed by atoms with Crippen molar-refractivity contribution in [3.63, 3.8) is 0 Å². The predicted octanol–water partition coefficient (Wildman–Crippen LogP) is 4.48. The van der Waals surface area contributed by atoms with Gasteiger partial charge in [0.1, 0.15) is 5.75 Å². The Bertz CT molecular complexity index is 678. The van der Waals surface area contributed by atoms with E-state index >= 15 is 0 Å². The van der Waals surface area contributed by atoms with Crippen LogP contribution in [0.1, 0.15) is 23.5 Å². The molecule has 8 heteroatoms. The number of nitrogens with two attached hydrogens (primary N) is 1. The number of halogens is 2. The third-order valence-electron chi connectivity index (χ3n) is 3.17. The number of benzene rings is 1. The molecule has 0 saturated heterocycles. The average molecular weight is 481 g/mol. The number of methoxy groups -OCH3 is 1. The number of aliphatic imine (C=N–C) groups is 1. The summed E-state index contributed by atoms with van der Waals surface area (Å²) < 4.78 is 5.11. The zero-order valence-corrected chi connectivity index (χ0v) is 17.6. The molecule has 24 heavy (non-hydrogen) atoms. The number of aryl methyl sites for hydroxylation is 2. The number of hydrogen-bond acceptors (Lipinski definition) is 4. The van der Waals surface area contributed by atoms with Gasteiger partial charge in [-0.05, 0) is 44.4 Å². The van der Waals surface area contributed by atoms with Gasteiger partial charge in [0, 0.05) is 23.3 Å². The molecule has 2 rings (SSSR count). The topological polar surface area (TPSA) is 72.5 Å². The molecule has 0 unspecified atom stereocenters.